The fraction of sp³-hybridized carbons (Fsp3) is 0.353. The van der Waals surface area contributed by atoms with Crippen LogP contribution in [0.1, 0.15) is 18.5 Å². The number of piperidine rings is 1. The van der Waals surface area contributed by atoms with Crippen molar-refractivity contribution in [3.63, 3.8) is 0 Å². The predicted molar refractivity (Wildman–Crippen MR) is 91.5 cm³/mol. The molecule has 3 heterocycles. The van der Waals surface area contributed by atoms with Crippen molar-refractivity contribution < 1.29 is 9.59 Å². The highest BCUT2D eigenvalue weighted by Crippen LogP contribution is 2.18. The molecule has 0 radical (unpaired) electrons. The Balaban J connectivity index is 1.53. The number of aromatic nitrogens is 2. The molecular formula is C17H19ClN4O2. The lowest BCUT2D eigenvalue weighted by Gasteiger charge is -2.30. The first-order valence-corrected chi connectivity index (χ1v) is 8.27. The topological polar surface area (TPSA) is 66.7 Å². The third-order valence-electron chi connectivity index (χ3n) is 4.26. The molecule has 0 aromatic carbocycles. The van der Waals surface area contributed by atoms with Gasteiger partial charge in [-0.25, -0.2) is 4.98 Å². The molecule has 1 fully saturated rings. The van der Waals surface area contributed by atoms with Crippen LogP contribution in [0, 0.1) is 5.92 Å². The number of nitrogens with zero attached hydrogens (tertiary/aromatic N) is 3. The number of hydrogen-bond acceptors (Lipinski definition) is 3. The first-order valence-electron chi connectivity index (χ1n) is 7.89. The largest absolute Gasteiger partial charge is 0.350 e. The summed E-state index contributed by atoms with van der Waals surface area (Å²) >= 11 is 5.95. The molecule has 3 rings (SSSR count). The standard InChI is InChI=1S/C17H19ClN4O2/c1-2-16(23)21-7-5-12(6-8-21)17(24)19-9-14-11-22-10-13(18)3-4-15(22)20-14/h2-4,10-12H,1,5-9H2,(H,19,24). The molecule has 1 aliphatic rings. The van der Waals surface area contributed by atoms with Crippen LogP contribution in [0.5, 0.6) is 0 Å². The molecule has 2 aromatic rings. The zero-order valence-corrected chi connectivity index (χ0v) is 14.0. The van der Waals surface area contributed by atoms with Gasteiger partial charge in [0, 0.05) is 31.4 Å². The van der Waals surface area contributed by atoms with Gasteiger partial charge in [0.25, 0.3) is 0 Å². The Labute approximate surface area is 145 Å². The van der Waals surface area contributed by atoms with Gasteiger partial charge in [-0.2, -0.15) is 0 Å². The molecule has 126 valence electrons. The monoisotopic (exact) mass is 346 g/mol. The van der Waals surface area contributed by atoms with Gasteiger partial charge in [-0.05, 0) is 31.1 Å². The average molecular weight is 347 g/mol. The van der Waals surface area contributed by atoms with Gasteiger partial charge in [-0.15, -0.1) is 0 Å². The maximum Gasteiger partial charge on any atom is 0.245 e. The van der Waals surface area contributed by atoms with Gasteiger partial charge in [-0.1, -0.05) is 18.2 Å². The fourth-order valence-corrected chi connectivity index (χ4v) is 3.08. The molecule has 2 aromatic heterocycles. The summed E-state index contributed by atoms with van der Waals surface area (Å²) in [6.07, 6.45) is 6.29. The summed E-state index contributed by atoms with van der Waals surface area (Å²) in [6.45, 7) is 5.05. The van der Waals surface area contributed by atoms with Crippen molar-refractivity contribution in [1.82, 2.24) is 19.6 Å². The summed E-state index contributed by atoms with van der Waals surface area (Å²) in [5.74, 6) is -0.127. The van der Waals surface area contributed by atoms with E-state index in [0.717, 1.165) is 11.3 Å². The molecule has 7 heteroatoms. The van der Waals surface area contributed by atoms with Crippen molar-refractivity contribution in [1.29, 1.82) is 0 Å². The van der Waals surface area contributed by atoms with Crippen LogP contribution >= 0.6 is 11.6 Å². The van der Waals surface area contributed by atoms with Crippen LogP contribution in [0.15, 0.2) is 37.2 Å². The Morgan fingerprint density at radius 1 is 1.33 bits per heavy atom. The van der Waals surface area contributed by atoms with E-state index in [2.05, 4.69) is 16.9 Å². The van der Waals surface area contributed by atoms with Crippen LogP contribution in [0.3, 0.4) is 0 Å². The summed E-state index contributed by atoms with van der Waals surface area (Å²) in [5, 5.41) is 3.57. The molecule has 0 bridgehead atoms. The minimum Gasteiger partial charge on any atom is -0.350 e. The average Bonchev–Trinajstić information content (AvgIpc) is 3.01. The summed E-state index contributed by atoms with van der Waals surface area (Å²) in [7, 11) is 0. The smallest absolute Gasteiger partial charge is 0.245 e. The van der Waals surface area contributed by atoms with Gasteiger partial charge >= 0.3 is 0 Å². The minimum absolute atomic E-state index is 0.00999. The molecule has 6 nitrogen and oxygen atoms in total. The Bertz CT molecular complexity index is 778. The number of amides is 2. The van der Waals surface area contributed by atoms with Crippen molar-refractivity contribution in [2.75, 3.05) is 13.1 Å². The lowest BCUT2D eigenvalue weighted by atomic mass is 9.96. The van der Waals surface area contributed by atoms with E-state index in [-0.39, 0.29) is 17.7 Å². The number of carbonyl (C=O) groups excluding carboxylic acids is 2. The molecule has 0 spiro atoms. The van der Waals surface area contributed by atoms with Crippen LogP contribution in [-0.4, -0.2) is 39.2 Å². The number of fused-ring (bicyclic) bond motifs is 1. The first kappa shape index (κ1) is 16.5. The van der Waals surface area contributed by atoms with Gasteiger partial charge in [-0.3, -0.25) is 9.59 Å². The maximum atomic E-state index is 12.3. The van der Waals surface area contributed by atoms with E-state index < -0.39 is 0 Å². The maximum absolute atomic E-state index is 12.3. The van der Waals surface area contributed by atoms with Crippen LogP contribution in [0.4, 0.5) is 0 Å². The Kier molecular flexibility index (Phi) is 4.85. The van der Waals surface area contributed by atoms with Crippen LogP contribution in [0.2, 0.25) is 5.02 Å². The Hall–Kier alpha value is -2.34. The number of pyridine rings is 1. The molecular weight excluding hydrogens is 328 g/mol. The molecule has 0 saturated carbocycles. The zero-order chi connectivity index (χ0) is 17.1. The SMILES string of the molecule is C=CC(=O)N1CCC(C(=O)NCc2cn3cc(Cl)ccc3n2)CC1. The highest BCUT2D eigenvalue weighted by Gasteiger charge is 2.26. The first-order chi connectivity index (χ1) is 11.6. The fourth-order valence-electron chi connectivity index (χ4n) is 2.92. The van der Waals surface area contributed by atoms with Crippen molar-refractivity contribution in [3.05, 3.63) is 47.9 Å². The second kappa shape index (κ2) is 7.05. The molecule has 2 amide bonds. The van der Waals surface area contributed by atoms with Crippen molar-refractivity contribution in [3.8, 4) is 0 Å². The normalized spacial score (nSPS) is 15.5. The van der Waals surface area contributed by atoms with Crippen LogP contribution in [0.25, 0.3) is 5.65 Å². The summed E-state index contributed by atoms with van der Waals surface area (Å²) in [6, 6.07) is 3.62. The lowest BCUT2D eigenvalue weighted by Crippen LogP contribution is -2.42. The van der Waals surface area contributed by atoms with E-state index in [1.807, 2.05) is 16.7 Å². The van der Waals surface area contributed by atoms with Gasteiger partial charge < -0.3 is 14.6 Å². The second-order valence-electron chi connectivity index (χ2n) is 5.87. The highest BCUT2D eigenvalue weighted by molar-refractivity contribution is 6.30. The Morgan fingerprint density at radius 3 is 2.79 bits per heavy atom. The van der Waals surface area contributed by atoms with E-state index >= 15 is 0 Å². The van der Waals surface area contributed by atoms with E-state index in [0.29, 0.717) is 37.5 Å². The minimum atomic E-state index is -0.0720. The molecule has 0 atom stereocenters. The molecule has 1 saturated heterocycles. The summed E-state index contributed by atoms with van der Waals surface area (Å²) in [4.78, 5) is 30.0. The van der Waals surface area contributed by atoms with E-state index in [4.69, 9.17) is 11.6 Å². The van der Waals surface area contributed by atoms with Gasteiger partial charge in [0.15, 0.2) is 0 Å². The number of halogens is 1. The van der Waals surface area contributed by atoms with Gasteiger partial charge in [0.2, 0.25) is 11.8 Å². The number of hydrogen-bond donors (Lipinski definition) is 1. The molecule has 24 heavy (non-hydrogen) atoms. The number of rotatable bonds is 4. The van der Waals surface area contributed by atoms with Crippen LogP contribution in [-0.2, 0) is 16.1 Å². The zero-order valence-electron chi connectivity index (χ0n) is 13.2. The van der Waals surface area contributed by atoms with E-state index in [9.17, 15) is 9.59 Å². The summed E-state index contributed by atoms with van der Waals surface area (Å²) in [5.41, 5.74) is 1.57. The number of imidazole rings is 1. The molecule has 0 unspecified atom stereocenters. The van der Waals surface area contributed by atoms with Crippen molar-refractivity contribution >= 4 is 29.1 Å². The third kappa shape index (κ3) is 3.59. The van der Waals surface area contributed by atoms with Gasteiger partial charge in [0.1, 0.15) is 5.65 Å². The second-order valence-corrected chi connectivity index (χ2v) is 6.30. The quantitative estimate of drug-likeness (QED) is 0.861. The van der Waals surface area contributed by atoms with E-state index in [1.165, 1.54) is 6.08 Å². The molecule has 0 aliphatic carbocycles. The number of nitrogens with one attached hydrogen (secondary N) is 1. The van der Waals surface area contributed by atoms with Crippen molar-refractivity contribution in [2.24, 2.45) is 5.92 Å². The molecule has 1 aliphatic heterocycles. The van der Waals surface area contributed by atoms with Crippen molar-refractivity contribution in [2.45, 2.75) is 19.4 Å². The summed E-state index contributed by atoms with van der Waals surface area (Å²) < 4.78 is 1.84. The number of carbonyl (C=O) groups is 2. The van der Waals surface area contributed by atoms with E-state index in [1.54, 1.807) is 17.2 Å². The van der Waals surface area contributed by atoms with Gasteiger partial charge in [0.05, 0.1) is 17.3 Å². The Morgan fingerprint density at radius 2 is 2.08 bits per heavy atom. The predicted octanol–water partition coefficient (Wildman–Crippen LogP) is 2.03. The number of likely N-dealkylation sites (tertiary alicyclic amines) is 1. The third-order valence-corrected chi connectivity index (χ3v) is 4.48. The lowest BCUT2D eigenvalue weighted by molar-refractivity contribution is -0.132. The highest BCUT2D eigenvalue weighted by atomic mass is 35.5. The molecule has 1 N–H and O–H groups in total. The van der Waals surface area contributed by atoms with Crippen LogP contribution < -0.4 is 5.32 Å².